The van der Waals surface area contributed by atoms with Crippen LogP contribution < -0.4 is 0 Å². The van der Waals surface area contributed by atoms with Crippen molar-refractivity contribution >= 4 is 11.6 Å². The Bertz CT molecular complexity index is 576. The minimum Gasteiger partial charge on any atom is -0.389 e. The fourth-order valence-corrected chi connectivity index (χ4v) is 3.04. The molecule has 1 nitrogen and oxygen atoms in total. The Labute approximate surface area is 118 Å². The molecule has 2 heteroatoms. The average Bonchev–Trinajstić information content (AvgIpc) is 2.41. The molecule has 2 aromatic rings. The zero-order valence-corrected chi connectivity index (χ0v) is 11.5. The van der Waals surface area contributed by atoms with Gasteiger partial charge in [-0.1, -0.05) is 48.0 Å². The van der Waals surface area contributed by atoms with Gasteiger partial charge in [0.05, 0.1) is 5.60 Å². The first kappa shape index (κ1) is 12.7. The molecule has 1 aliphatic rings. The maximum atomic E-state index is 10.8. The zero-order valence-electron chi connectivity index (χ0n) is 10.8. The Morgan fingerprint density at radius 3 is 2.42 bits per heavy atom. The Hall–Kier alpha value is -1.31. The van der Waals surface area contributed by atoms with Crippen molar-refractivity contribution in [2.75, 3.05) is 0 Å². The van der Waals surface area contributed by atoms with Crippen molar-refractivity contribution in [1.29, 1.82) is 0 Å². The quantitative estimate of drug-likeness (QED) is 0.882. The van der Waals surface area contributed by atoms with E-state index >= 15 is 0 Å². The van der Waals surface area contributed by atoms with Crippen LogP contribution in [-0.2, 0) is 19.3 Å². The lowest BCUT2D eigenvalue weighted by atomic mass is 9.77. The number of aliphatic hydroxyl groups is 1. The maximum Gasteiger partial charge on any atom is 0.0731 e. The summed E-state index contributed by atoms with van der Waals surface area (Å²) in [6, 6.07) is 16.2. The summed E-state index contributed by atoms with van der Waals surface area (Å²) in [5.74, 6) is 0. The van der Waals surface area contributed by atoms with Crippen molar-refractivity contribution in [1.82, 2.24) is 0 Å². The lowest BCUT2D eigenvalue weighted by molar-refractivity contribution is 0.0267. The molecule has 19 heavy (non-hydrogen) atoms. The molecule has 1 N–H and O–H groups in total. The molecule has 0 radical (unpaired) electrons. The third-order valence-corrected chi connectivity index (χ3v) is 4.20. The standard InChI is InChI=1S/C17H17ClO/c18-16-7-5-13(6-8-16)11-17(19)10-9-14-3-1-2-4-15(14)12-17/h1-8,19H,9-12H2. The Morgan fingerprint density at radius 2 is 1.68 bits per heavy atom. The number of hydrogen-bond acceptors (Lipinski definition) is 1. The van der Waals surface area contributed by atoms with Gasteiger partial charge >= 0.3 is 0 Å². The van der Waals surface area contributed by atoms with E-state index in [4.69, 9.17) is 11.6 Å². The Kier molecular flexibility index (Phi) is 3.34. The number of benzene rings is 2. The summed E-state index contributed by atoms with van der Waals surface area (Å²) in [4.78, 5) is 0. The lowest BCUT2D eigenvalue weighted by Gasteiger charge is -2.33. The summed E-state index contributed by atoms with van der Waals surface area (Å²) in [7, 11) is 0. The molecule has 0 heterocycles. The summed E-state index contributed by atoms with van der Waals surface area (Å²) in [5.41, 5.74) is 3.18. The fraction of sp³-hybridized carbons (Fsp3) is 0.294. The second-order valence-electron chi connectivity index (χ2n) is 5.47. The fourth-order valence-electron chi connectivity index (χ4n) is 2.92. The van der Waals surface area contributed by atoms with Gasteiger partial charge in [-0.05, 0) is 41.7 Å². The summed E-state index contributed by atoms with van der Waals surface area (Å²) in [6.07, 6.45) is 3.22. The van der Waals surface area contributed by atoms with Crippen LogP contribution in [0, 0.1) is 0 Å². The lowest BCUT2D eigenvalue weighted by Crippen LogP contribution is -2.38. The van der Waals surface area contributed by atoms with Crippen LogP contribution in [0.5, 0.6) is 0 Å². The van der Waals surface area contributed by atoms with Crippen LogP contribution in [0.25, 0.3) is 0 Å². The zero-order chi connectivity index (χ0) is 13.3. The highest BCUT2D eigenvalue weighted by molar-refractivity contribution is 6.30. The number of halogens is 1. The first-order valence-electron chi connectivity index (χ1n) is 6.68. The van der Waals surface area contributed by atoms with Crippen LogP contribution in [0.2, 0.25) is 5.02 Å². The monoisotopic (exact) mass is 272 g/mol. The maximum absolute atomic E-state index is 10.8. The molecule has 3 rings (SSSR count). The number of fused-ring (bicyclic) bond motifs is 1. The topological polar surface area (TPSA) is 20.2 Å². The van der Waals surface area contributed by atoms with Gasteiger partial charge in [0.1, 0.15) is 0 Å². The smallest absolute Gasteiger partial charge is 0.0731 e. The molecule has 0 aliphatic heterocycles. The van der Waals surface area contributed by atoms with Crippen LogP contribution in [0.3, 0.4) is 0 Å². The highest BCUT2D eigenvalue weighted by atomic mass is 35.5. The van der Waals surface area contributed by atoms with E-state index < -0.39 is 5.60 Å². The first-order chi connectivity index (χ1) is 9.15. The van der Waals surface area contributed by atoms with Crippen molar-refractivity contribution in [2.24, 2.45) is 0 Å². The van der Waals surface area contributed by atoms with Crippen molar-refractivity contribution in [3.63, 3.8) is 0 Å². The second-order valence-corrected chi connectivity index (χ2v) is 5.91. The van der Waals surface area contributed by atoms with E-state index in [9.17, 15) is 5.11 Å². The highest BCUT2D eigenvalue weighted by Gasteiger charge is 2.31. The van der Waals surface area contributed by atoms with Crippen molar-refractivity contribution in [3.05, 3.63) is 70.2 Å². The average molecular weight is 273 g/mol. The number of rotatable bonds is 2. The second kappa shape index (κ2) is 4.99. The normalized spacial score (nSPS) is 22.0. The molecule has 98 valence electrons. The van der Waals surface area contributed by atoms with Gasteiger partial charge in [0, 0.05) is 17.9 Å². The SMILES string of the molecule is OC1(Cc2ccc(Cl)cc2)CCc2ccccc2C1. The molecule has 0 spiro atoms. The Morgan fingerprint density at radius 1 is 1.00 bits per heavy atom. The third kappa shape index (κ3) is 2.83. The molecule has 0 fully saturated rings. The van der Waals surface area contributed by atoms with E-state index in [1.165, 1.54) is 11.1 Å². The van der Waals surface area contributed by atoms with Gasteiger partial charge in [-0.2, -0.15) is 0 Å². The minimum absolute atomic E-state index is 0.623. The Balaban J connectivity index is 1.80. The van der Waals surface area contributed by atoms with Crippen molar-refractivity contribution in [2.45, 2.75) is 31.3 Å². The van der Waals surface area contributed by atoms with Crippen molar-refractivity contribution in [3.8, 4) is 0 Å². The number of hydrogen-bond donors (Lipinski definition) is 1. The van der Waals surface area contributed by atoms with E-state index in [1.54, 1.807) is 0 Å². The molecular weight excluding hydrogens is 256 g/mol. The van der Waals surface area contributed by atoms with E-state index in [0.29, 0.717) is 6.42 Å². The summed E-state index contributed by atoms with van der Waals surface area (Å²) in [6.45, 7) is 0. The predicted octanol–water partition coefficient (Wildman–Crippen LogP) is 3.80. The highest BCUT2D eigenvalue weighted by Crippen LogP contribution is 2.31. The van der Waals surface area contributed by atoms with Gasteiger partial charge in [-0.3, -0.25) is 0 Å². The molecule has 2 aromatic carbocycles. The molecule has 1 atom stereocenters. The molecule has 0 saturated carbocycles. The van der Waals surface area contributed by atoms with Gasteiger partial charge in [-0.15, -0.1) is 0 Å². The van der Waals surface area contributed by atoms with E-state index in [0.717, 1.165) is 29.8 Å². The van der Waals surface area contributed by atoms with Crippen LogP contribution in [-0.4, -0.2) is 10.7 Å². The van der Waals surface area contributed by atoms with Crippen molar-refractivity contribution < 1.29 is 5.11 Å². The van der Waals surface area contributed by atoms with Gasteiger partial charge in [-0.25, -0.2) is 0 Å². The molecular formula is C17H17ClO. The molecule has 0 aromatic heterocycles. The molecule has 1 unspecified atom stereocenters. The van der Waals surface area contributed by atoms with Crippen LogP contribution >= 0.6 is 11.6 Å². The van der Waals surface area contributed by atoms with Gasteiger partial charge in [0.2, 0.25) is 0 Å². The molecule has 0 saturated heterocycles. The van der Waals surface area contributed by atoms with Crippen LogP contribution in [0.4, 0.5) is 0 Å². The molecule has 1 aliphatic carbocycles. The van der Waals surface area contributed by atoms with Gasteiger partial charge < -0.3 is 5.11 Å². The molecule has 0 amide bonds. The van der Waals surface area contributed by atoms with Crippen LogP contribution in [0.15, 0.2) is 48.5 Å². The third-order valence-electron chi connectivity index (χ3n) is 3.94. The largest absolute Gasteiger partial charge is 0.389 e. The summed E-state index contributed by atoms with van der Waals surface area (Å²) in [5, 5.41) is 11.5. The van der Waals surface area contributed by atoms with E-state index in [1.807, 2.05) is 30.3 Å². The van der Waals surface area contributed by atoms with Gasteiger partial charge in [0.15, 0.2) is 0 Å². The van der Waals surface area contributed by atoms with E-state index in [-0.39, 0.29) is 0 Å². The first-order valence-corrected chi connectivity index (χ1v) is 7.06. The van der Waals surface area contributed by atoms with E-state index in [2.05, 4.69) is 18.2 Å². The molecule has 0 bridgehead atoms. The van der Waals surface area contributed by atoms with Gasteiger partial charge in [0.25, 0.3) is 0 Å². The summed E-state index contributed by atoms with van der Waals surface area (Å²) < 4.78 is 0. The van der Waals surface area contributed by atoms with Crippen LogP contribution in [0.1, 0.15) is 23.1 Å². The predicted molar refractivity (Wildman–Crippen MR) is 78.6 cm³/mol. The number of aryl methyl sites for hydroxylation is 1. The minimum atomic E-state index is -0.623. The summed E-state index contributed by atoms with van der Waals surface area (Å²) >= 11 is 5.89.